The van der Waals surface area contributed by atoms with Gasteiger partial charge >= 0.3 is 0 Å². The smallest absolute Gasteiger partial charge is 0.00412 e. The molecule has 0 rings (SSSR count). The number of allylic oxidation sites excluding steroid dienone is 1. The van der Waals surface area contributed by atoms with Crippen molar-refractivity contribution in [2.45, 2.75) is 53.0 Å². The van der Waals surface area contributed by atoms with Gasteiger partial charge in [-0.3, -0.25) is 0 Å². The third kappa shape index (κ3) is 9.62. The zero-order valence-electron chi connectivity index (χ0n) is 9.64. The molecule has 0 heterocycles. The van der Waals surface area contributed by atoms with Gasteiger partial charge in [-0.15, -0.1) is 0 Å². The molecule has 0 aliphatic heterocycles. The molecule has 0 aromatic carbocycles. The summed E-state index contributed by atoms with van der Waals surface area (Å²) in [5.41, 5.74) is 0. The van der Waals surface area contributed by atoms with Crippen molar-refractivity contribution >= 4 is 0 Å². The van der Waals surface area contributed by atoms with Gasteiger partial charge in [0.2, 0.25) is 0 Å². The summed E-state index contributed by atoms with van der Waals surface area (Å²) in [5.74, 6) is 0.800. The van der Waals surface area contributed by atoms with Crippen molar-refractivity contribution in [3.05, 3.63) is 12.2 Å². The predicted molar refractivity (Wildman–Crippen MR) is 61.0 cm³/mol. The highest BCUT2D eigenvalue weighted by atomic mass is 14.9. The van der Waals surface area contributed by atoms with E-state index in [-0.39, 0.29) is 0 Å². The molecule has 1 nitrogen and oxygen atoms in total. The molecule has 1 N–H and O–H groups in total. The summed E-state index contributed by atoms with van der Waals surface area (Å²) in [6.45, 7) is 10.1. The van der Waals surface area contributed by atoms with Gasteiger partial charge < -0.3 is 5.32 Å². The van der Waals surface area contributed by atoms with Gasteiger partial charge in [0.25, 0.3) is 0 Å². The van der Waals surface area contributed by atoms with Crippen molar-refractivity contribution in [2.24, 2.45) is 5.92 Å². The Kier molecular flexibility index (Phi) is 8.11. The number of rotatable bonds is 7. The molecule has 0 fully saturated rings. The topological polar surface area (TPSA) is 12.0 Å². The Balaban J connectivity index is 3.26. The Morgan fingerprint density at radius 3 is 2.38 bits per heavy atom. The van der Waals surface area contributed by atoms with Crippen LogP contribution in [0.3, 0.4) is 0 Å². The molecule has 1 heteroatoms. The number of hydrogen-bond acceptors (Lipinski definition) is 1. The zero-order valence-corrected chi connectivity index (χ0v) is 9.64. The maximum atomic E-state index is 3.52. The Hall–Kier alpha value is -0.300. The second kappa shape index (κ2) is 8.31. The summed E-state index contributed by atoms with van der Waals surface area (Å²) in [5, 5.41) is 3.52. The quantitative estimate of drug-likeness (QED) is 0.471. The first-order chi connectivity index (χ1) is 6.16. The Bertz CT molecular complexity index is 127. The fourth-order valence-corrected chi connectivity index (χ4v) is 1.49. The van der Waals surface area contributed by atoms with Crippen LogP contribution in [0.5, 0.6) is 0 Å². The average molecular weight is 183 g/mol. The first kappa shape index (κ1) is 12.7. The molecule has 0 aliphatic carbocycles. The normalized spacial score (nSPS) is 14.2. The molecule has 78 valence electrons. The lowest BCUT2D eigenvalue weighted by Gasteiger charge is -2.14. The van der Waals surface area contributed by atoms with Crippen LogP contribution < -0.4 is 5.32 Å². The summed E-state index contributed by atoms with van der Waals surface area (Å²) in [6, 6.07) is 0.662. The van der Waals surface area contributed by atoms with Crippen molar-refractivity contribution in [3.8, 4) is 0 Å². The van der Waals surface area contributed by atoms with E-state index in [1.165, 1.54) is 6.42 Å². The third-order valence-electron chi connectivity index (χ3n) is 2.03. The maximum Gasteiger partial charge on any atom is 0.00412 e. The van der Waals surface area contributed by atoms with E-state index in [2.05, 4.69) is 45.2 Å². The second-order valence-electron chi connectivity index (χ2n) is 4.15. The van der Waals surface area contributed by atoms with E-state index in [4.69, 9.17) is 0 Å². The predicted octanol–water partition coefficient (Wildman–Crippen LogP) is 3.37. The molecule has 0 aromatic rings. The van der Waals surface area contributed by atoms with Crippen LogP contribution in [0.2, 0.25) is 0 Å². The molecule has 0 aromatic heterocycles. The van der Waals surface area contributed by atoms with Crippen molar-refractivity contribution in [1.29, 1.82) is 0 Å². The van der Waals surface area contributed by atoms with Crippen LogP contribution >= 0.6 is 0 Å². The van der Waals surface area contributed by atoms with E-state index < -0.39 is 0 Å². The van der Waals surface area contributed by atoms with Gasteiger partial charge in [-0.05, 0) is 38.6 Å². The van der Waals surface area contributed by atoms with E-state index in [0.29, 0.717) is 6.04 Å². The molecular formula is C12H25N. The molecule has 0 unspecified atom stereocenters. The number of hydrogen-bond donors (Lipinski definition) is 1. The molecule has 0 radical (unpaired) electrons. The molecule has 0 amide bonds. The van der Waals surface area contributed by atoms with Gasteiger partial charge in [0.05, 0.1) is 0 Å². The van der Waals surface area contributed by atoms with Gasteiger partial charge in [-0.25, -0.2) is 0 Å². The lowest BCUT2D eigenvalue weighted by Crippen LogP contribution is -2.27. The Labute approximate surface area is 83.6 Å². The molecule has 0 saturated carbocycles. The SMILES string of the molecule is CC/C=C\CCN[C@@H](C)CC(C)C. The molecule has 0 saturated heterocycles. The minimum absolute atomic E-state index is 0.662. The van der Waals surface area contributed by atoms with Crippen molar-refractivity contribution in [1.82, 2.24) is 5.32 Å². The lowest BCUT2D eigenvalue weighted by atomic mass is 10.1. The van der Waals surface area contributed by atoms with E-state index in [1.807, 2.05) is 0 Å². The van der Waals surface area contributed by atoms with Crippen molar-refractivity contribution < 1.29 is 0 Å². The highest BCUT2D eigenvalue weighted by Gasteiger charge is 2.02. The van der Waals surface area contributed by atoms with Crippen molar-refractivity contribution in [2.75, 3.05) is 6.54 Å². The van der Waals surface area contributed by atoms with Crippen LogP contribution in [0, 0.1) is 5.92 Å². The molecule has 0 aliphatic rings. The maximum absolute atomic E-state index is 3.52. The third-order valence-corrected chi connectivity index (χ3v) is 2.03. The fourth-order valence-electron chi connectivity index (χ4n) is 1.49. The van der Waals surface area contributed by atoms with Gasteiger partial charge in [-0.2, -0.15) is 0 Å². The summed E-state index contributed by atoms with van der Waals surface area (Å²) in [7, 11) is 0. The van der Waals surface area contributed by atoms with Crippen LogP contribution in [0.25, 0.3) is 0 Å². The van der Waals surface area contributed by atoms with Crippen LogP contribution in [0.1, 0.15) is 47.0 Å². The van der Waals surface area contributed by atoms with Crippen LogP contribution in [0.15, 0.2) is 12.2 Å². The van der Waals surface area contributed by atoms with Gasteiger partial charge in [0, 0.05) is 6.04 Å². The fraction of sp³-hybridized carbons (Fsp3) is 0.833. The summed E-state index contributed by atoms with van der Waals surface area (Å²) in [4.78, 5) is 0. The van der Waals surface area contributed by atoms with E-state index in [9.17, 15) is 0 Å². The van der Waals surface area contributed by atoms with Crippen molar-refractivity contribution in [3.63, 3.8) is 0 Å². The minimum Gasteiger partial charge on any atom is -0.314 e. The minimum atomic E-state index is 0.662. The largest absolute Gasteiger partial charge is 0.314 e. The Morgan fingerprint density at radius 1 is 1.15 bits per heavy atom. The van der Waals surface area contributed by atoms with Gasteiger partial charge in [-0.1, -0.05) is 32.9 Å². The molecule has 0 spiro atoms. The average Bonchev–Trinajstić information content (AvgIpc) is 2.02. The van der Waals surface area contributed by atoms with Gasteiger partial charge in [0.15, 0.2) is 0 Å². The van der Waals surface area contributed by atoms with Gasteiger partial charge in [0.1, 0.15) is 0 Å². The van der Waals surface area contributed by atoms with E-state index in [1.54, 1.807) is 0 Å². The summed E-state index contributed by atoms with van der Waals surface area (Å²) < 4.78 is 0. The highest BCUT2D eigenvalue weighted by molar-refractivity contribution is 4.81. The van der Waals surface area contributed by atoms with E-state index in [0.717, 1.165) is 25.3 Å². The molecule has 1 atom stereocenters. The number of nitrogens with one attached hydrogen (secondary N) is 1. The van der Waals surface area contributed by atoms with Crippen LogP contribution in [-0.2, 0) is 0 Å². The molecular weight excluding hydrogens is 158 g/mol. The standard InChI is InChI=1S/C12H25N/c1-5-6-7-8-9-13-12(4)10-11(2)3/h6-7,11-13H,5,8-10H2,1-4H3/b7-6-/t12-/m0/s1. The van der Waals surface area contributed by atoms with E-state index >= 15 is 0 Å². The Morgan fingerprint density at radius 2 is 1.85 bits per heavy atom. The van der Waals surface area contributed by atoms with Crippen LogP contribution in [0.4, 0.5) is 0 Å². The summed E-state index contributed by atoms with van der Waals surface area (Å²) >= 11 is 0. The first-order valence-electron chi connectivity index (χ1n) is 5.55. The molecule has 0 bridgehead atoms. The summed E-state index contributed by atoms with van der Waals surface area (Å²) in [6.07, 6.45) is 8.08. The monoisotopic (exact) mass is 183 g/mol. The molecule has 13 heavy (non-hydrogen) atoms. The second-order valence-corrected chi connectivity index (χ2v) is 4.15. The first-order valence-corrected chi connectivity index (χ1v) is 5.55. The lowest BCUT2D eigenvalue weighted by molar-refractivity contribution is 0.446. The van der Waals surface area contributed by atoms with Crippen LogP contribution in [-0.4, -0.2) is 12.6 Å². The highest BCUT2D eigenvalue weighted by Crippen LogP contribution is 2.03. The zero-order chi connectivity index (χ0) is 10.1.